The zero-order valence-corrected chi connectivity index (χ0v) is 12.7. The molecule has 1 heterocycles. The Hall–Kier alpha value is -0.930. The molecular formula is C14H14BrClN2. The largest absolute Gasteiger partial charge is 0.236 e. The van der Waals surface area contributed by atoms with Gasteiger partial charge in [0.05, 0.1) is 10.2 Å². The summed E-state index contributed by atoms with van der Waals surface area (Å²) in [4.78, 5) is 8.83. The van der Waals surface area contributed by atoms with E-state index in [1.54, 1.807) is 0 Å². The van der Waals surface area contributed by atoms with Crippen molar-refractivity contribution in [3.05, 3.63) is 56.5 Å². The fourth-order valence-electron chi connectivity index (χ4n) is 1.71. The summed E-state index contributed by atoms with van der Waals surface area (Å²) >= 11 is 9.50. The molecule has 0 aliphatic heterocycles. The monoisotopic (exact) mass is 324 g/mol. The molecule has 0 spiro atoms. The van der Waals surface area contributed by atoms with Crippen molar-refractivity contribution >= 4 is 27.5 Å². The highest BCUT2D eigenvalue weighted by Crippen LogP contribution is 2.24. The molecule has 0 unspecified atom stereocenters. The quantitative estimate of drug-likeness (QED) is 0.784. The number of halogens is 2. The molecule has 0 aliphatic rings. The lowest BCUT2D eigenvalue weighted by Crippen LogP contribution is -2.02. The van der Waals surface area contributed by atoms with Crippen molar-refractivity contribution in [2.75, 3.05) is 0 Å². The van der Waals surface area contributed by atoms with Crippen molar-refractivity contribution in [2.24, 2.45) is 0 Å². The van der Waals surface area contributed by atoms with Crippen LogP contribution in [0.3, 0.4) is 0 Å². The Morgan fingerprint density at radius 3 is 2.44 bits per heavy atom. The lowest BCUT2D eigenvalue weighted by molar-refractivity contribution is 0.896. The molecule has 0 saturated heterocycles. The first-order valence-electron chi connectivity index (χ1n) is 5.86. The van der Waals surface area contributed by atoms with Crippen molar-refractivity contribution in [3.63, 3.8) is 0 Å². The minimum absolute atomic E-state index is 0.490. The fourth-order valence-corrected chi connectivity index (χ4v) is 2.38. The highest BCUT2D eigenvalue weighted by atomic mass is 79.9. The van der Waals surface area contributed by atoms with Crippen LogP contribution in [0.15, 0.2) is 28.7 Å². The second-order valence-corrected chi connectivity index (χ2v) is 5.36. The SMILES string of the molecule is CCc1nc(Cc2ccc(C)cc2)nc(Cl)c1Br. The highest BCUT2D eigenvalue weighted by molar-refractivity contribution is 9.10. The number of aromatic nitrogens is 2. The summed E-state index contributed by atoms with van der Waals surface area (Å²) in [6.07, 6.45) is 1.55. The molecule has 4 heteroatoms. The van der Waals surface area contributed by atoms with Crippen molar-refractivity contribution in [1.82, 2.24) is 9.97 Å². The zero-order valence-electron chi connectivity index (χ0n) is 10.4. The smallest absolute Gasteiger partial charge is 0.147 e. The minimum atomic E-state index is 0.490. The molecule has 0 N–H and O–H groups in total. The van der Waals surface area contributed by atoms with Crippen LogP contribution >= 0.6 is 27.5 Å². The highest BCUT2D eigenvalue weighted by Gasteiger charge is 2.09. The molecule has 0 aliphatic carbocycles. The van der Waals surface area contributed by atoms with Gasteiger partial charge in [0.25, 0.3) is 0 Å². The van der Waals surface area contributed by atoms with Crippen LogP contribution < -0.4 is 0 Å². The van der Waals surface area contributed by atoms with E-state index in [-0.39, 0.29) is 0 Å². The number of nitrogens with zero attached hydrogens (tertiary/aromatic N) is 2. The molecule has 2 rings (SSSR count). The fraction of sp³-hybridized carbons (Fsp3) is 0.286. The zero-order chi connectivity index (χ0) is 13.1. The molecule has 0 saturated carbocycles. The van der Waals surface area contributed by atoms with Gasteiger partial charge in [0.1, 0.15) is 11.0 Å². The molecule has 94 valence electrons. The van der Waals surface area contributed by atoms with Crippen LogP contribution in [0.4, 0.5) is 0 Å². The second-order valence-electron chi connectivity index (χ2n) is 4.21. The number of hydrogen-bond donors (Lipinski definition) is 0. The van der Waals surface area contributed by atoms with E-state index in [0.717, 1.165) is 22.4 Å². The Bertz CT molecular complexity index is 552. The molecule has 2 aromatic rings. The third-order valence-electron chi connectivity index (χ3n) is 2.74. The topological polar surface area (TPSA) is 25.8 Å². The predicted molar refractivity (Wildman–Crippen MR) is 78.1 cm³/mol. The summed E-state index contributed by atoms with van der Waals surface area (Å²) < 4.78 is 0.805. The van der Waals surface area contributed by atoms with Gasteiger partial charge in [0, 0.05) is 6.42 Å². The van der Waals surface area contributed by atoms with E-state index in [1.807, 2.05) is 0 Å². The first-order chi connectivity index (χ1) is 8.60. The third kappa shape index (κ3) is 3.09. The molecule has 0 atom stereocenters. The van der Waals surface area contributed by atoms with Gasteiger partial charge in [-0.1, -0.05) is 48.4 Å². The second kappa shape index (κ2) is 5.81. The van der Waals surface area contributed by atoms with Gasteiger partial charge in [0.15, 0.2) is 0 Å². The minimum Gasteiger partial charge on any atom is -0.236 e. The summed E-state index contributed by atoms with van der Waals surface area (Å²) in [5, 5.41) is 0.490. The maximum absolute atomic E-state index is 6.09. The lowest BCUT2D eigenvalue weighted by atomic mass is 10.1. The number of rotatable bonds is 3. The summed E-state index contributed by atoms with van der Waals surface area (Å²) in [6, 6.07) is 8.38. The Morgan fingerprint density at radius 2 is 1.83 bits per heavy atom. The van der Waals surface area contributed by atoms with E-state index in [9.17, 15) is 0 Å². The van der Waals surface area contributed by atoms with Crippen LogP contribution in [0.1, 0.15) is 29.6 Å². The van der Waals surface area contributed by atoms with Crippen LogP contribution in [-0.4, -0.2) is 9.97 Å². The molecule has 18 heavy (non-hydrogen) atoms. The van der Waals surface area contributed by atoms with E-state index in [1.165, 1.54) is 11.1 Å². The van der Waals surface area contributed by atoms with Crippen LogP contribution in [0.5, 0.6) is 0 Å². The normalized spacial score (nSPS) is 10.7. The molecule has 0 amide bonds. The van der Waals surface area contributed by atoms with Gasteiger partial charge in [-0.15, -0.1) is 0 Å². The van der Waals surface area contributed by atoms with Gasteiger partial charge in [0.2, 0.25) is 0 Å². The Morgan fingerprint density at radius 1 is 1.17 bits per heavy atom. The molecule has 1 aromatic heterocycles. The predicted octanol–water partition coefficient (Wildman–Crippen LogP) is 4.35. The lowest BCUT2D eigenvalue weighted by Gasteiger charge is -2.07. The summed E-state index contributed by atoms with van der Waals surface area (Å²) in [5.74, 6) is 0.768. The third-order valence-corrected chi connectivity index (χ3v) is 4.08. The van der Waals surface area contributed by atoms with E-state index in [4.69, 9.17) is 11.6 Å². The number of aryl methyl sites for hydroxylation is 2. The Balaban J connectivity index is 2.29. The van der Waals surface area contributed by atoms with Gasteiger partial charge in [-0.25, -0.2) is 9.97 Å². The van der Waals surface area contributed by atoms with Crippen LogP contribution in [-0.2, 0) is 12.8 Å². The van der Waals surface area contributed by atoms with Gasteiger partial charge >= 0.3 is 0 Å². The maximum Gasteiger partial charge on any atom is 0.147 e. The van der Waals surface area contributed by atoms with Crippen LogP contribution in [0.2, 0.25) is 5.15 Å². The van der Waals surface area contributed by atoms with E-state index >= 15 is 0 Å². The first kappa shape index (κ1) is 13.5. The average molecular weight is 326 g/mol. The van der Waals surface area contributed by atoms with E-state index in [0.29, 0.717) is 11.6 Å². The van der Waals surface area contributed by atoms with Gasteiger partial charge in [-0.3, -0.25) is 0 Å². The first-order valence-corrected chi connectivity index (χ1v) is 7.03. The molecule has 0 radical (unpaired) electrons. The summed E-state index contributed by atoms with van der Waals surface area (Å²) in [5.41, 5.74) is 3.40. The maximum atomic E-state index is 6.09. The summed E-state index contributed by atoms with van der Waals surface area (Å²) in [7, 11) is 0. The van der Waals surface area contributed by atoms with Gasteiger partial charge in [-0.05, 0) is 34.8 Å². The Labute approximate surface area is 121 Å². The molecule has 2 nitrogen and oxygen atoms in total. The van der Waals surface area contributed by atoms with Crippen LogP contribution in [0.25, 0.3) is 0 Å². The standard InChI is InChI=1S/C14H14BrClN2/c1-3-11-13(15)14(16)18-12(17-11)8-10-6-4-9(2)5-7-10/h4-7H,3,8H2,1-2H3. The number of hydrogen-bond acceptors (Lipinski definition) is 2. The van der Waals surface area contributed by atoms with Crippen LogP contribution in [0, 0.1) is 6.92 Å². The van der Waals surface area contributed by atoms with Crippen molar-refractivity contribution in [3.8, 4) is 0 Å². The molecule has 1 aromatic carbocycles. The van der Waals surface area contributed by atoms with Crippen molar-refractivity contribution < 1.29 is 0 Å². The summed E-state index contributed by atoms with van der Waals surface area (Å²) in [6.45, 7) is 4.13. The molecule has 0 bridgehead atoms. The van der Waals surface area contributed by atoms with E-state index in [2.05, 4.69) is 64.0 Å². The number of benzene rings is 1. The molecule has 0 fully saturated rings. The van der Waals surface area contributed by atoms with Gasteiger partial charge < -0.3 is 0 Å². The Kier molecular flexibility index (Phi) is 4.36. The van der Waals surface area contributed by atoms with E-state index < -0.39 is 0 Å². The van der Waals surface area contributed by atoms with Gasteiger partial charge in [-0.2, -0.15) is 0 Å². The van der Waals surface area contributed by atoms with Crippen molar-refractivity contribution in [1.29, 1.82) is 0 Å². The average Bonchev–Trinajstić information content (AvgIpc) is 2.36. The molecular weight excluding hydrogens is 312 g/mol. The van der Waals surface area contributed by atoms with Crippen molar-refractivity contribution in [2.45, 2.75) is 26.7 Å².